The second kappa shape index (κ2) is 5.57. The monoisotopic (exact) mass is 286 g/mol. The summed E-state index contributed by atoms with van der Waals surface area (Å²) in [4.78, 5) is 14.1. The van der Waals surface area contributed by atoms with E-state index in [0.717, 1.165) is 12.1 Å². The Labute approximate surface area is 122 Å². The van der Waals surface area contributed by atoms with Gasteiger partial charge in [0.25, 0.3) is 5.91 Å². The minimum Gasteiger partial charge on any atom is -0.399 e. The molecule has 21 heavy (non-hydrogen) atoms. The van der Waals surface area contributed by atoms with Gasteiger partial charge in [0.05, 0.1) is 5.69 Å². The zero-order chi connectivity index (χ0) is 14.8. The van der Waals surface area contributed by atoms with Gasteiger partial charge in [-0.15, -0.1) is 0 Å². The van der Waals surface area contributed by atoms with Gasteiger partial charge in [-0.05, 0) is 30.7 Å². The van der Waals surface area contributed by atoms with Gasteiger partial charge >= 0.3 is 0 Å². The topological polar surface area (TPSA) is 84.4 Å². The van der Waals surface area contributed by atoms with Crippen molar-refractivity contribution in [3.8, 4) is 5.69 Å². The molecule has 1 aliphatic heterocycles. The van der Waals surface area contributed by atoms with Crippen molar-refractivity contribution in [2.45, 2.75) is 6.42 Å². The Bertz CT molecular complexity index is 653. The molecule has 0 aliphatic carbocycles. The van der Waals surface area contributed by atoms with Gasteiger partial charge in [0, 0.05) is 37.5 Å². The highest BCUT2D eigenvalue weighted by molar-refractivity contribution is 5.92. The highest BCUT2D eigenvalue weighted by Crippen LogP contribution is 2.18. The Morgan fingerprint density at radius 3 is 3.00 bits per heavy atom. The number of likely N-dealkylation sites (tertiary alicyclic amines) is 1. The van der Waals surface area contributed by atoms with Gasteiger partial charge in [-0.25, -0.2) is 4.68 Å². The van der Waals surface area contributed by atoms with E-state index >= 15 is 0 Å². The van der Waals surface area contributed by atoms with E-state index in [2.05, 4.69) is 5.10 Å². The standard InChI is InChI=1S/C15H18N4O2/c16-12-2-1-3-13(8-12)19-7-5-14(17-19)15(21)18-6-4-11(9-18)10-20/h1-3,5,7-8,11,20H,4,6,9-10,16H2. The van der Waals surface area contributed by atoms with Crippen molar-refractivity contribution in [2.24, 2.45) is 5.92 Å². The van der Waals surface area contributed by atoms with E-state index in [1.807, 2.05) is 12.1 Å². The zero-order valence-corrected chi connectivity index (χ0v) is 11.6. The largest absolute Gasteiger partial charge is 0.399 e. The van der Waals surface area contributed by atoms with Crippen LogP contribution in [0.3, 0.4) is 0 Å². The van der Waals surface area contributed by atoms with Crippen LogP contribution in [0, 0.1) is 5.92 Å². The minimum atomic E-state index is -0.0893. The van der Waals surface area contributed by atoms with Crippen LogP contribution < -0.4 is 5.73 Å². The average Bonchev–Trinajstić information content (AvgIpc) is 3.16. The van der Waals surface area contributed by atoms with Crippen molar-refractivity contribution < 1.29 is 9.90 Å². The molecule has 0 radical (unpaired) electrons. The fourth-order valence-electron chi connectivity index (χ4n) is 2.58. The van der Waals surface area contributed by atoms with Crippen molar-refractivity contribution >= 4 is 11.6 Å². The number of aliphatic hydroxyl groups is 1. The van der Waals surface area contributed by atoms with E-state index < -0.39 is 0 Å². The normalized spacial score (nSPS) is 18.1. The number of carbonyl (C=O) groups is 1. The summed E-state index contributed by atoms with van der Waals surface area (Å²) in [5, 5.41) is 13.5. The maximum absolute atomic E-state index is 12.4. The van der Waals surface area contributed by atoms with Gasteiger partial charge < -0.3 is 15.7 Å². The fourth-order valence-corrected chi connectivity index (χ4v) is 2.58. The van der Waals surface area contributed by atoms with Crippen LogP contribution in [0.5, 0.6) is 0 Å². The van der Waals surface area contributed by atoms with Gasteiger partial charge in [0.15, 0.2) is 5.69 Å². The first-order valence-corrected chi connectivity index (χ1v) is 6.99. The number of nitrogen functional groups attached to an aromatic ring is 1. The molecule has 1 unspecified atom stereocenters. The number of aromatic nitrogens is 2. The predicted octanol–water partition coefficient (Wildman–Crippen LogP) is 0.909. The number of rotatable bonds is 3. The van der Waals surface area contributed by atoms with E-state index in [9.17, 15) is 4.79 Å². The van der Waals surface area contributed by atoms with Crippen LogP contribution in [0.25, 0.3) is 5.69 Å². The lowest BCUT2D eigenvalue weighted by Gasteiger charge is -2.14. The molecule has 1 atom stereocenters. The van der Waals surface area contributed by atoms with Crippen molar-refractivity contribution in [3.05, 3.63) is 42.2 Å². The van der Waals surface area contributed by atoms with Crippen LogP contribution >= 0.6 is 0 Å². The van der Waals surface area contributed by atoms with Crippen LogP contribution in [-0.4, -0.2) is 45.4 Å². The number of hydrogen-bond donors (Lipinski definition) is 2. The molecule has 0 spiro atoms. The van der Waals surface area contributed by atoms with Crippen molar-refractivity contribution in [1.29, 1.82) is 0 Å². The number of carbonyl (C=O) groups excluding carboxylic acids is 1. The number of hydrogen-bond acceptors (Lipinski definition) is 4. The van der Waals surface area contributed by atoms with Crippen molar-refractivity contribution in [3.63, 3.8) is 0 Å². The molecular formula is C15H18N4O2. The van der Waals surface area contributed by atoms with Gasteiger partial charge in [-0.1, -0.05) is 6.07 Å². The number of nitrogens with zero attached hydrogens (tertiary/aromatic N) is 3. The molecule has 1 amide bonds. The summed E-state index contributed by atoms with van der Waals surface area (Å²) < 4.78 is 1.64. The third-order valence-corrected chi connectivity index (χ3v) is 3.77. The zero-order valence-electron chi connectivity index (χ0n) is 11.6. The molecule has 3 rings (SSSR count). The molecule has 2 heterocycles. The highest BCUT2D eigenvalue weighted by atomic mass is 16.3. The van der Waals surface area contributed by atoms with Gasteiger partial charge in [0.1, 0.15) is 0 Å². The van der Waals surface area contributed by atoms with Crippen molar-refractivity contribution in [1.82, 2.24) is 14.7 Å². The van der Waals surface area contributed by atoms with Crippen LogP contribution in [-0.2, 0) is 0 Å². The highest BCUT2D eigenvalue weighted by Gasteiger charge is 2.27. The van der Waals surface area contributed by atoms with Crippen LogP contribution in [0.2, 0.25) is 0 Å². The SMILES string of the molecule is Nc1cccc(-n2ccc(C(=O)N3CCC(CO)C3)n2)c1. The van der Waals surface area contributed by atoms with E-state index in [-0.39, 0.29) is 18.4 Å². The Balaban J connectivity index is 1.77. The third-order valence-electron chi connectivity index (χ3n) is 3.77. The van der Waals surface area contributed by atoms with Gasteiger partial charge in [-0.3, -0.25) is 4.79 Å². The van der Waals surface area contributed by atoms with Crippen molar-refractivity contribution in [2.75, 3.05) is 25.4 Å². The summed E-state index contributed by atoms with van der Waals surface area (Å²) >= 11 is 0. The molecule has 3 N–H and O–H groups in total. The lowest BCUT2D eigenvalue weighted by atomic mass is 10.1. The smallest absolute Gasteiger partial charge is 0.274 e. The molecule has 0 saturated carbocycles. The first-order valence-electron chi connectivity index (χ1n) is 6.99. The minimum absolute atomic E-state index is 0.0893. The molecule has 1 aromatic heterocycles. The molecule has 1 saturated heterocycles. The average molecular weight is 286 g/mol. The van der Waals surface area contributed by atoms with Crippen LogP contribution in [0.4, 0.5) is 5.69 Å². The van der Waals surface area contributed by atoms with E-state index in [1.54, 1.807) is 34.0 Å². The lowest BCUT2D eigenvalue weighted by molar-refractivity contribution is 0.0775. The van der Waals surface area contributed by atoms with Gasteiger partial charge in [0.2, 0.25) is 0 Å². The molecule has 1 fully saturated rings. The summed E-state index contributed by atoms with van der Waals surface area (Å²) in [6.45, 7) is 1.40. The number of amides is 1. The molecule has 6 nitrogen and oxygen atoms in total. The number of anilines is 1. The predicted molar refractivity (Wildman–Crippen MR) is 79.1 cm³/mol. The summed E-state index contributed by atoms with van der Waals surface area (Å²) in [7, 11) is 0. The van der Waals surface area contributed by atoms with E-state index in [4.69, 9.17) is 10.8 Å². The second-order valence-corrected chi connectivity index (χ2v) is 5.33. The molecule has 0 bridgehead atoms. The quantitative estimate of drug-likeness (QED) is 0.821. The first-order chi connectivity index (χ1) is 10.2. The van der Waals surface area contributed by atoms with Gasteiger partial charge in [-0.2, -0.15) is 5.10 Å². The number of aliphatic hydroxyl groups excluding tert-OH is 1. The van der Waals surface area contributed by atoms with Crippen LogP contribution in [0.1, 0.15) is 16.9 Å². The second-order valence-electron chi connectivity index (χ2n) is 5.33. The van der Waals surface area contributed by atoms with Crippen LogP contribution in [0.15, 0.2) is 36.5 Å². The molecule has 1 aromatic carbocycles. The lowest BCUT2D eigenvalue weighted by Crippen LogP contribution is -2.29. The first kappa shape index (κ1) is 13.6. The summed E-state index contributed by atoms with van der Waals surface area (Å²) in [5.74, 6) is 0.0959. The van der Waals surface area contributed by atoms with E-state index in [1.165, 1.54) is 0 Å². The Hall–Kier alpha value is -2.34. The summed E-state index contributed by atoms with van der Waals surface area (Å²) in [6.07, 6.45) is 2.60. The third kappa shape index (κ3) is 2.75. The maximum Gasteiger partial charge on any atom is 0.274 e. The Morgan fingerprint density at radius 1 is 1.43 bits per heavy atom. The number of benzene rings is 1. The molecular weight excluding hydrogens is 268 g/mol. The summed E-state index contributed by atoms with van der Waals surface area (Å²) in [6, 6.07) is 9.05. The summed E-state index contributed by atoms with van der Waals surface area (Å²) in [5.41, 5.74) is 7.64. The molecule has 2 aromatic rings. The maximum atomic E-state index is 12.4. The number of nitrogens with two attached hydrogens (primary N) is 1. The Morgan fingerprint density at radius 2 is 2.29 bits per heavy atom. The Kier molecular flexibility index (Phi) is 3.62. The molecule has 6 heteroatoms. The molecule has 1 aliphatic rings. The molecule has 110 valence electrons. The van der Waals surface area contributed by atoms with E-state index in [0.29, 0.717) is 24.5 Å². The fraction of sp³-hybridized carbons (Fsp3) is 0.333.